The molecule has 1 aliphatic rings. The van der Waals surface area contributed by atoms with E-state index in [0.29, 0.717) is 38.7 Å². The number of pyridine rings is 1. The molecule has 0 aliphatic heterocycles. The zero-order valence-corrected chi connectivity index (χ0v) is 18.0. The van der Waals surface area contributed by atoms with Gasteiger partial charge < -0.3 is 20.5 Å². The summed E-state index contributed by atoms with van der Waals surface area (Å²) in [6.07, 6.45) is 3.10. The summed E-state index contributed by atoms with van der Waals surface area (Å²) < 4.78 is 10.5. The molecule has 2 heterocycles. The molecule has 1 aromatic carbocycles. The van der Waals surface area contributed by atoms with Gasteiger partial charge in [-0.1, -0.05) is 18.5 Å². The number of benzene rings is 1. The third kappa shape index (κ3) is 3.60. The van der Waals surface area contributed by atoms with Gasteiger partial charge in [-0.2, -0.15) is 0 Å². The molecule has 1 aliphatic carbocycles. The normalized spacial score (nSPS) is 15.8. The predicted molar refractivity (Wildman–Crippen MR) is 118 cm³/mol. The van der Waals surface area contributed by atoms with E-state index in [-0.39, 0.29) is 5.91 Å². The van der Waals surface area contributed by atoms with E-state index in [1.54, 1.807) is 12.1 Å². The Morgan fingerprint density at radius 1 is 1.28 bits per heavy atom. The summed E-state index contributed by atoms with van der Waals surface area (Å²) in [5, 5.41) is 4.06. The van der Waals surface area contributed by atoms with Crippen LogP contribution in [0.15, 0.2) is 18.2 Å². The monoisotopic (exact) mass is 431 g/mol. The van der Waals surface area contributed by atoms with E-state index in [2.05, 4.69) is 18.3 Å². The van der Waals surface area contributed by atoms with E-state index >= 15 is 0 Å². The Bertz CT molecular complexity index is 1110. The zero-order chi connectivity index (χ0) is 20.7. The molecule has 0 saturated heterocycles. The standard InChI is InChI=1S/C21H22ClN3O3S/c1-10-4-5-14-11(6-10)7-12-18(23)19(29-21(12)25-14)20(26)24-15-8-13(22)16(27-2)9-17(15)28-3/h7-10H,4-6,23H2,1-3H3,(H,24,26). The van der Waals surface area contributed by atoms with Gasteiger partial charge >= 0.3 is 0 Å². The minimum absolute atomic E-state index is 0.323. The molecule has 2 aromatic heterocycles. The molecule has 0 fully saturated rings. The van der Waals surface area contributed by atoms with Crippen LogP contribution in [-0.4, -0.2) is 25.1 Å². The predicted octanol–water partition coefficient (Wildman–Crippen LogP) is 4.93. The summed E-state index contributed by atoms with van der Waals surface area (Å²) in [6, 6.07) is 5.32. The van der Waals surface area contributed by atoms with Crippen molar-refractivity contribution in [2.45, 2.75) is 26.2 Å². The van der Waals surface area contributed by atoms with Gasteiger partial charge in [0.15, 0.2) is 0 Å². The summed E-state index contributed by atoms with van der Waals surface area (Å²) in [5.41, 5.74) is 9.59. The number of aryl methyl sites for hydroxylation is 1. The van der Waals surface area contributed by atoms with Crippen LogP contribution >= 0.6 is 22.9 Å². The van der Waals surface area contributed by atoms with E-state index in [0.717, 1.165) is 35.2 Å². The molecular weight excluding hydrogens is 410 g/mol. The fourth-order valence-electron chi connectivity index (χ4n) is 3.68. The first-order chi connectivity index (χ1) is 13.9. The van der Waals surface area contributed by atoms with E-state index in [1.165, 1.54) is 31.1 Å². The lowest BCUT2D eigenvalue weighted by Gasteiger charge is -2.20. The summed E-state index contributed by atoms with van der Waals surface area (Å²) in [7, 11) is 3.03. The molecule has 152 valence electrons. The Labute approximate surface area is 178 Å². The van der Waals surface area contributed by atoms with Gasteiger partial charge in [-0.3, -0.25) is 4.79 Å². The Kier molecular flexibility index (Phi) is 5.27. The van der Waals surface area contributed by atoms with Crippen LogP contribution in [0.1, 0.15) is 34.3 Å². The van der Waals surface area contributed by atoms with Gasteiger partial charge in [-0.15, -0.1) is 11.3 Å². The number of ether oxygens (including phenoxy) is 2. The molecule has 1 unspecified atom stereocenters. The molecule has 0 bridgehead atoms. The minimum Gasteiger partial charge on any atom is -0.495 e. The molecule has 29 heavy (non-hydrogen) atoms. The highest BCUT2D eigenvalue weighted by Crippen LogP contribution is 2.39. The Balaban J connectivity index is 1.69. The molecule has 3 N–H and O–H groups in total. The molecule has 8 heteroatoms. The number of nitrogens with one attached hydrogen (secondary N) is 1. The number of methoxy groups -OCH3 is 2. The number of halogens is 1. The van der Waals surface area contributed by atoms with Crippen LogP contribution in [0, 0.1) is 5.92 Å². The number of hydrogen-bond acceptors (Lipinski definition) is 6. The number of anilines is 2. The number of hydrogen-bond donors (Lipinski definition) is 2. The lowest BCUT2D eigenvalue weighted by atomic mass is 9.87. The fourth-order valence-corrected chi connectivity index (χ4v) is 4.91. The van der Waals surface area contributed by atoms with Crippen molar-refractivity contribution in [3.8, 4) is 11.5 Å². The lowest BCUT2D eigenvalue weighted by molar-refractivity contribution is 0.103. The summed E-state index contributed by atoms with van der Waals surface area (Å²) >= 11 is 7.51. The van der Waals surface area contributed by atoms with Crippen molar-refractivity contribution in [1.29, 1.82) is 0 Å². The summed E-state index contributed by atoms with van der Waals surface area (Å²) in [6.45, 7) is 2.25. The maximum Gasteiger partial charge on any atom is 0.268 e. The first kappa shape index (κ1) is 19.8. The zero-order valence-electron chi connectivity index (χ0n) is 16.5. The van der Waals surface area contributed by atoms with Crippen molar-refractivity contribution in [3.05, 3.63) is 39.4 Å². The van der Waals surface area contributed by atoms with Gasteiger partial charge in [0.05, 0.1) is 30.6 Å². The van der Waals surface area contributed by atoms with E-state index in [1.807, 2.05) is 0 Å². The van der Waals surface area contributed by atoms with Crippen LogP contribution in [0.25, 0.3) is 10.2 Å². The molecule has 1 amide bonds. The second kappa shape index (κ2) is 7.72. The second-order valence-corrected chi connectivity index (χ2v) is 8.69. The molecule has 3 aromatic rings. The smallest absolute Gasteiger partial charge is 0.268 e. The van der Waals surface area contributed by atoms with Gasteiger partial charge in [-0.05, 0) is 42.9 Å². The van der Waals surface area contributed by atoms with Crippen molar-refractivity contribution in [1.82, 2.24) is 4.98 Å². The van der Waals surface area contributed by atoms with Gasteiger partial charge in [0.2, 0.25) is 0 Å². The van der Waals surface area contributed by atoms with Gasteiger partial charge in [0, 0.05) is 17.1 Å². The van der Waals surface area contributed by atoms with Crippen LogP contribution in [0.5, 0.6) is 11.5 Å². The molecular formula is C21H22ClN3O3S. The highest BCUT2D eigenvalue weighted by molar-refractivity contribution is 7.21. The maximum absolute atomic E-state index is 13.0. The minimum atomic E-state index is -0.323. The third-order valence-corrected chi connectivity index (χ3v) is 6.67. The maximum atomic E-state index is 13.0. The Morgan fingerprint density at radius 2 is 2.03 bits per heavy atom. The average molecular weight is 432 g/mol. The first-order valence-electron chi connectivity index (χ1n) is 9.34. The topological polar surface area (TPSA) is 86.5 Å². The number of nitrogens with zero attached hydrogens (tertiary/aromatic N) is 1. The third-order valence-electron chi connectivity index (χ3n) is 5.26. The highest BCUT2D eigenvalue weighted by Gasteiger charge is 2.23. The number of aromatic nitrogens is 1. The summed E-state index contributed by atoms with van der Waals surface area (Å²) in [4.78, 5) is 19.0. The molecule has 0 spiro atoms. The van der Waals surface area contributed by atoms with Crippen LogP contribution in [-0.2, 0) is 12.8 Å². The van der Waals surface area contributed by atoms with Gasteiger partial charge in [-0.25, -0.2) is 4.98 Å². The average Bonchev–Trinajstić information content (AvgIpc) is 3.02. The number of nitrogens with two attached hydrogens (primary N) is 1. The van der Waals surface area contributed by atoms with Gasteiger partial charge in [0.1, 0.15) is 21.2 Å². The largest absolute Gasteiger partial charge is 0.495 e. The SMILES string of the molecule is COc1cc(OC)c(NC(=O)c2sc3nc4c(cc3c2N)CC(C)CC4)cc1Cl. The second-order valence-electron chi connectivity index (χ2n) is 7.28. The first-order valence-corrected chi connectivity index (χ1v) is 10.5. The number of thiophene rings is 1. The highest BCUT2D eigenvalue weighted by atomic mass is 35.5. The van der Waals surface area contributed by atoms with Crippen LogP contribution in [0.4, 0.5) is 11.4 Å². The number of amides is 1. The van der Waals surface area contributed by atoms with Crippen LogP contribution in [0.2, 0.25) is 5.02 Å². The Hall–Kier alpha value is -2.51. The molecule has 6 nitrogen and oxygen atoms in total. The molecule has 0 saturated carbocycles. The number of rotatable bonds is 4. The molecule has 1 atom stereocenters. The quantitative estimate of drug-likeness (QED) is 0.611. The van der Waals surface area contributed by atoms with Crippen molar-refractivity contribution < 1.29 is 14.3 Å². The molecule has 0 radical (unpaired) electrons. The Morgan fingerprint density at radius 3 is 2.76 bits per heavy atom. The van der Waals surface area contributed by atoms with E-state index in [9.17, 15) is 4.79 Å². The van der Waals surface area contributed by atoms with Gasteiger partial charge in [0.25, 0.3) is 5.91 Å². The number of fused-ring (bicyclic) bond motifs is 2. The number of carbonyl (C=O) groups excluding carboxylic acids is 1. The van der Waals surface area contributed by atoms with Crippen molar-refractivity contribution >= 4 is 50.4 Å². The van der Waals surface area contributed by atoms with Crippen molar-refractivity contribution in [2.24, 2.45) is 5.92 Å². The van der Waals surface area contributed by atoms with Crippen LogP contribution < -0.4 is 20.5 Å². The van der Waals surface area contributed by atoms with Crippen molar-refractivity contribution in [2.75, 3.05) is 25.3 Å². The number of nitrogen functional groups attached to an aromatic ring is 1. The fraction of sp³-hybridized carbons (Fsp3) is 0.333. The van der Waals surface area contributed by atoms with E-state index < -0.39 is 0 Å². The van der Waals surface area contributed by atoms with Crippen LogP contribution in [0.3, 0.4) is 0 Å². The number of carbonyl (C=O) groups is 1. The molecule has 4 rings (SSSR count). The van der Waals surface area contributed by atoms with E-state index in [4.69, 9.17) is 31.8 Å². The summed E-state index contributed by atoms with van der Waals surface area (Å²) in [5.74, 6) is 1.22. The lowest BCUT2D eigenvalue weighted by Crippen LogP contribution is -2.13. The van der Waals surface area contributed by atoms with Crippen molar-refractivity contribution in [3.63, 3.8) is 0 Å².